The largest absolute Gasteiger partial charge is 0.390 e. The summed E-state index contributed by atoms with van der Waals surface area (Å²) in [6.07, 6.45) is 1.31. The maximum Gasteiger partial charge on any atom is 0.321 e. The van der Waals surface area contributed by atoms with Gasteiger partial charge in [-0.25, -0.2) is 4.79 Å². The molecule has 0 aromatic carbocycles. The molecule has 1 aliphatic heterocycles. The Hall–Kier alpha value is -1.14. The molecule has 1 heterocycles. The van der Waals surface area contributed by atoms with Crippen LogP contribution in [0.2, 0.25) is 0 Å². The van der Waals surface area contributed by atoms with Gasteiger partial charge in [-0.3, -0.25) is 15.0 Å². The van der Waals surface area contributed by atoms with Crippen molar-refractivity contribution in [2.24, 2.45) is 0 Å². The van der Waals surface area contributed by atoms with E-state index in [1.54, 1.807) is 6.92 Å². The van der Waals surface area contributed by atoms with Gasteiger partial charge in [-0.15, -0.1) is 0 Å². The van der Waals surface area contributed by atoms with Crippen LogP contribution in [0.5, 0.6) is 0 Å². The second-order valence-corrected chi connectivity index (χ2v) is 4.40. The fourth-order valence-electron chi connectivity index (χ4n) is 1.62. The van der Waals surface area contributed by atoms with E-state index < -0.39 is 11.6 Å². The zero-order chi connectivity index (χ0) is 12.2. The number of rotatable bonds is 2. The van der Waals surface area contributed by atoms with Gasteiger partial charge < -0.3 is 10.4 Å². The highest BCUT2D eigenvalue weighted by Gasteiger charge is 2.28. The number of amides is 3. The van der Waals surface area contributed by atoms with Crippen LogP contribution >= 0.6 is 0 Å². The Kier molecular flexibility index (Phi) is 4.26. The van der Waals surface area contributed by atoms with Crippen LogP contribution in [-0.4, -0.2) is 54.2 Å². The molecule has 0 aromatic heterocycles. The average molecular weight is 229 g/mol. The summed E-state index contributed by atoms with van der Waals surface area (Å²) >= 11 is 0. The van der Waals surface area contributed by atoms with Crippen molar-refractivity contribution in [2.45, 2.75) is 25.4 Å². The molecule has 3 N–H and O–H groups in total. The van der Waals surface area contributed by atoms with E-state index >= 15 is 0 Å². The minimum Gasteiger partial charge on any atom is -0.390 e. The lowest BCUT2D eigenvalue weighted by molar-refractivity contribution is -0.122. The van der Waals surface area contributed by atoms with Crippen molar-refractivity contribution in [1.29, 1.82) is 0 Å². The lowest BCUT2D eigenvalue weighted by Gasteiger charge is -2.35. The number of piperidine rings is 1. The first-order chi connectivity index (χ1) is 7.43. The Bertz CT molecular complexity index is 268. The molecule has 0 unspecified atom stereocenters. The molecule has 0 bridgehead atoms. The van der Waals surface area contributed by atoms with Crippen LogP contribution in [0.4, 0.5) is 4.79 Å². The standard InChI is InChI=1S/C10H19N3O3/c1-10(16)3-5-13(6-4-10)7-8(14)12-9(15)11-2/h16H,3-7H2,1-2H3,(H2,11,12,14,15). The van der Waals surface area contributed by atoms with E-state index in [-0.39, 0.29) is 12.5 Å². The van der Waals surface area contributed by atoms with Crippen LogP contribution in [0.3, 0.4) is 0 Å². The quantitative estimate of drug-likeness (QED) is 0.584. The predicted octanol–water partition coefficient (Wildman–Crippen LogP) is -0.711. The molecule has 6 nitrogen and oxygen atoms in total. The summed E-state index contributed by atoms with van der Waals surface area (Å²) in [5.74, 6) is -0.319. The first-order valence-electron chi connectivity index (χ1n) is 5.39. The molecule has 16 heavy (non-hydrogen) atoms. The first kappa shape index (κ1) is 12.9. The summed E-state index contributed by atoms with van der Waals surface area (Å²) in [7, 11) is 1.46. The lowest BCUT2D eigenvalue weighted by Crippen LogP contribution is -2.48. The van der Waals surface area contributed by atoms with Crippen molar-refractivity contribution in [2.75, 3.05) is 26.7 Å². The van der Waals surface area contributed by atoms with Crippen molar-refractivity contribution in [3.63, 3.8) is 0 Å². The van der Waals surface area contributed by atoms with E-state index in [9.17, 15) is 14.7 Å². The summed E-state index contributed by atoms with van der Waals surface area (Å²) < 4.78 is 0. The normalized spacial score (nSPS) is 20.2. The van der Waals surface area contributed by atoms with Crippen molar-refractivity contribution in [3.8, 4) is 0 Å². The van der Waals surface area contributed by atoms with Crippen LogP contribution < -0.4 is 10.6 Å². The van der Waals surface area contributed by atoms with Crippen LogP contribution in [0.1, 0.15) is 19.8 Å². The van der Waals surface area contributed by atoms with Crippen molar-refractivity contribution in [1.82, 2.24) is 15.5 Å². The van der Waals surface area contributed by atoms with Crippen molar-refractivity contribution < 1.29 is 14.7 Å². The van der Waals surface area contributed by atoms with Crippen LogP contribution in [0.15, 0.2) is 0 Å². The van der Waals surface area contributed by atoms with E-state index in [0.717, 1.165) is 0 Å². The van der Waals surface area contributed by atoms with Gasteiger partial charge in [0.05, 0.1) is 12.1 Å². The second kappa shape index (κ2) is 5.27. The van der Waals surface area contributed by atoms with Crippen LogP contribution in [-0.2, 0) is 4.79 Å². The smallest absolute Gasteiger partial charge is 0.321 e. The second-order valence-electron chi connectivity index (χ2n) is 4.40. The highest BCUT2D eigenvalue weighted by Crippen LogP contribution is 2.20. The van der Waals surface area contributed by atoms with Gasteiger partial charge in [0.1, 0.15) is 0 Å². The van der Waals surface area contributed by atoms with Gasteiger partial charge in [0.2, 0.25) is 5.91 Å². The Morgan fingerprint density at radius 3 is 2.44 bits per heavy atom. The zero-order valence-electron chi connectivity index (χ0n) is 9.75. The lowest BCUT2D eigenvalue weighted by atomic mass is 9.94. The number of nitrogens with zero attached hydrogens (tertiary/aromatic N) is 1. The van der Waals surface area contributed by atoms with Gasteiger partial charge >= 0.3 is 6.03 Å². The minimum atomic E-state index is -0.617. The topological polar surface area (TPSA) is 81.7 Å². The van der Waals surface area contributed by atoms with Crippen LogP contribution in [0, 0.1) is 0 Å². The molecular formula is C10H19N3O3. The summed E-state index contributed by atoms with van der Waals surface area (Å²) in [6.45, 7) is 3.35. The maximum atomic E-state index is 11.4. The third kappa shape index (κ3) is 4.16. The molecule has 0 aliphatic carbocycles. The van der Waals surface area contributed by atoms with E-state index in [1.807, 2.05) is 4.90 Å². The molecule has 1 rings (SSSR count). The Balaban J connectivity index is 2.28. The summed E-state index contributed by atoms with van der Waals surface area (Å²) in [5, 5.41) is 14.2. The Morgan fingerprint density at radius 2 is 1.94 bits per heavy atom. The summed E-state index contributed by atoms with van der Waals surface area (Å²) in [5.41, 5.74) is -0.617. The fraction of sp³-hybridized carbons (Fsp3) is 0.800. The Labute approximate surface area is 95.0 Å². The van der Waals surface area contributed by atoms with Gasteiger partial charge in [-0.05, 0) is 19.8 Å². The molecule has 0 saturated carbocycles. The molecule has 3 amide bonds. The number of urea groups is 1. The number of carbonyl (C=O) groups excluding carboxylic acids is 2. The fourth-order valence-corrected chi connectivity index (χ4v) is 1.62. The Morgan fingerprint density at radius 1 is 1.38 bits per heavy atom. The highest BCUT2D eigenvalue weighted by molar-refractivity contribution is 5.95. The summed E-state index contributed by atoms with van der Waals surface area (Å²) in [4.78, 5) is 24.2. The van der Waals surface area contributed by atoms with Crippen molar-refractivity contribution >= 4 is 11.9 Å². The summed E-state index contributed by atoms with van der Waals surface area (Å²) in [6, 6.07) is -0.492. The van der Waals surface area contributed by atoms with Gasteiger partial charge in [0, 0.05) is 20.1 Å². The number of carbonyl (C=O) groups is 2. The molecule has 92 valence electrons. The predicted molar refractivity (Wildman–Crippen MR) is 58.9 cm³/mol. The van der Waals surface area contributed by atoms with Crippen molar-refractivity contribution in [3.05, 3.63) is 0 Å². The molecule has 1 saturated heterocycles. The van der Waals surface area contributed by atoms with E-state index in [2.05, 4.69) is 10.6 Å². The molecule has 0 aromatic rings. The monoisotopic (exact) mass is 229 g/mol. The molecule has 1 fully saturated rings. The number of imide groups is 1. The average Bonchev–Trinajstić information content (AvgIpc) is 2.21. The molecule has 0 atom stereocenters. The van der Waals surface area contributed by atoms with E-state index in [1.165, 1.54) is 7.05 Å². The molecule has 1 aliphatic rings. The number of likely N-dealkylation sites (tertiary alicyclic amines) is 1. The zero-order valence-corrected chi connectivity index (χ0v) is 9.75. The van der Waals surface area contributed by atoms with E-state index in [4.69, 9.17) is 0 Å². The molecule has 0 spiro atoms. The highest BCUT2D eigenvalue weighted by atomic mass is 16.3. The van der Waals surface area contributed by atoms with Gasteiger partial charge in [-0.2, -0.15) is 0 Å². The minimum absolute atomic E-state index is 0.198. The number of aliphatic hydroxyl groups is 1. The van der Waals surface area contributed by atoms with Gasteiger partial charge in [0.25, 0.3) is 0 Å². The molecule has 6 heteroatoms. The molecular weight excluding hydrogens is 210 g/mol. The number of hydrogen-bond donors (Lipinski definition) is 3. The third-order valence-corrected chi connectivity index (χ3v) is 2.78. The first-order valence-corrected chi connectivity index (χ1v) is 5.39. The van der Waals surface area contributed by atoms with Crippen LogP contribution in [0.25, 0.3) is 0 Å². The third-order valence-electron chi connectivity index (χ3n) is 2.78. The van der Waals surface area contributed by atoms with E-state index in [0.29, 0.717) is 25.9 Å². The SMILES string of the molecule is CNC(=O)NC(=O)CN1CCC(C)(O)CC1. The van der Waals surface area contributed by atoms with Gasteiger partial charge in [0.15, 0.2) is 0 Å². The van der Waals surface area contributed by atoms with Gasteiger partial charge in [-0.1, -0.05) is 0 Å². The molecule has 0 radical (unpaired) electrons. The maximum absolute atomic E-state index is 11.4. The number of hydrogen-bond acceptors (Lipinski definition) is 4. The number of nitrogens with one attached hydrogen (secondary N) is 2.